The highest BCUT2D eigenvalue weighted by molar-refractivity contribution is 5.93. The molecule has 1 unspecified atom stereocenters. The van der Waals surface area contributed by atoms with Gasteiger partial charge in [0.1, 0.15) is 0 Å². The molecule has 0 radical (unpaired) electrons. The third kappa shape index (κ3) is 6.07. The first-order chi connectivity index (χ1) is 16.1. The fourth-order valence-electron chi connectivity index (χ4n) is 4.65. The van der Waals surface area contributed by atoms with Crippen molar-refractivity contribution in [3.8, 4) is 0 Å². The van der Waals surface area contributed by atoms with Crippen LogP contribution in [0.4, 0.5) is 11.5 Å². The van der Waals surface area contributed by atoms with Gasteiger partial charge in [-0.2, -0.15) is 5.10 Å². The average Bonchev–Trinajstić information content (AvgIpc) is 3.36. The molecule has 0 saturated carbocycles. The molecule has 1 atom stereocenters. The molecule has 33 heavy (non-hydrogen) atoms. The Hall–Kier alpha value is -3.00. The van der Waals surface area contributed by atoms with E-state index >= 15 is 0 Å². The zero-order valence-corrected chi connectivity index (χ0v) is 19.3. The van der Waals surface area contributed by atoms with Crippen molar-refractivity contribution in [2.45, 2.75) is 38.5 Å². The molecule has 8 heteroatoms. The molecule has 2 saturated heterocycles. The predicted molar refractivity (Wildman–Crippen MR) is 127 cm³/mol. The van der Waals surface area contributed by atoms with Gasteiger partial charge in [-0.05, 0) is 61.9 Å². The number of hydrogen-bond acceptors (Lipinski definition) is 6. The van der Waals surface area contributed by atoms with E-state index < -0.39 is 0 Å². The number of nitrogens with zero attached hydrogens (tertiary/aromatic N) is 4. The minimum absolute atomic E-state index is 0.0491. The van der Waals surface area contributed by atoms with Crippen LogP contribution in [0, 0.1) is 5.92 Å². The van der Waals surface area contributed by atoms with E-state index in [2.05, 4.69) is 32.5 Å². The third-order valence-corrected chi connectivity index (χ3v) is 6.60. The molecule has 0 aliphatic carbocycles. The van der Waals surface area contributed by atoms with E-state index in [1.54, 1.807) is 6.20 Å². The van der Waals surface area contributed by atoms with Crippen LogP contribution in [0.2, 0.25) is 0 Å². The normalized spacial score (nSPS) is 19.0. The zero-order chi connectivity index (χ0) is 23.0. The lowest BCUT2D eigenvalue weighted by atomic mass is 9.89. The van der Waals surface area contributed by atoms with Crippen LogP contribution in [-0.2, 0) is 14.3 Å². The van der Waals surface area contributed by atoms with Crippen molar-refractivity contribution in [3.63, 3.8) is 0 Å². The number of ether oxygens (including phenoxy) is 1. The topological polar surface area (TPSA) is 87.7 Å². The number of piperidine rings is 1. The first-order valence-electron chi connectivity index (χ1n) is 11.9. The van der Waals surface area contributed by atoms with Crippen LogP contribution in [0.5, 0.6) is 0 Å². The standard InChI is InChI=1S/C25H33N5O3/c1-2-33-17-12-24(31)29-14-9-20(10-15-29)19-5-7-22(8-6-19)27-25(32)21-11-16-30(18-21)23-4-3-13-26-28-23/h3-8,13,20-21H,2,9-12,14-18H2,1H3,(H,27,32). The lowest BCUT2D eigenvalue weighted by molar-refractivity contribution is -0.133. The van der Waals surface area contributed by atoms with Crippen molar-refractivity contribution in [1.82, 2.24) is 15.1 Å². The maximum atomic E-state index is 12.8. The molecule has 8 nitrogen and oxygen atoms in total. The number of aromatic nitrogens is 2. The number of hydrogen-bond donors (Lipinski definition) is 1. The molecule has 2 amide bonds. The fraction of sp³-hybridized carbons (Fsp3) is 0.520. The highest BCUT2D eigenvalue weighted by Gasteiger charge is 2.29. The summed E-state index contributed by atoms with van der Waals surface area (Å²) in [6, 6.07) is 12.0. The SMILES string of the molecule is CCOCCC(=O)N1CCC(c2ccc(NC(=O)C3CCN(c4cccnn4)C3)cc2)CC1. The van der Waals surface area contributed by atoms with Crippen LogP contribution < -0.4 is 10.2 Å². The number of nitrogens with one attached hydrogen (secondary N) is 1. The Morgan fingerprint density at radius 1 is 1.09 bits per heavy atom. The van der Waals surface area contributed by atoms with E-state index in [-0.39, 0.29) is 17.7 Å². The Morgan fingerprint density at radius 2 is 1.88 bits per heavy atom. The smallest absolute Gasteiger partial charge is 0.229 e. The molecular weight excluding hydrogens is 418 g/mol. The minimum Gasteiger partial charge on any atom is -0.381 e. The van der Waals surface area contributed by atoms with Gasteiger partial charge in [0.15, 0.2) is 5.82 Å². The largest absolute Gasteiger partial charge is 0.381 e. The predicted octanol–water partition coefficient (Wildman–Crippen LogP) is 3.07. The van der Waals surface area contributed by atoms with Gasteiger partial charge in [0.05, 0.1) is 18.9 Å². The lowest BCUT2D eigenvalue weighted by Gasteiger charge is -2.32. The molecule has 3 heterocycles. The fourth-order valence-corrected chi connectivity index (χ4v) is 4.65. The van der Waals surface area contributed by atoms with Gasteiger partial charge in [0, 0.05) is 44.7 Å². The average molecular weight is 452 g/mol. The summed E-state index contributed by atoms with van der Waals surface area (Å²) in [4.78, 5) is 29.1. The van der Waals surface area contributed by atoms with Gasteiger partial charge in [0.2, 0.25) is 11.8 Å². The molecule has 4 rings (SSSR count). The Labute approximate surface area is 195 Å². The van der Waals surface area contributed by atoms with Crippen molar-refractivity contribution >= 4 is 23.3 Å². The summed E-state index contributed by atoms with van der Waals surface area (Å²) >= 11 is 0. The number of carbonyl (C=O) groups is 2. The Kier molecular flexibility index (Phi) is 7.88. The van der Waals surface area contributed by atoms with Gasteiger partial charge < -0.3 is 19.9 Å². The highest BCUT2D eigenvalue weighted by atomic mass is 16.5. The van der Waals surface area contributed by atoms with Crippen LogP contribution >= 0.6 is 0 Å². The Morgan fingerprint density at radius 3 is 2.58 bits per heavy atom. The first kappa shape index (κ1) is 23.2. The number of likely N-dealkylation sites (tertiary alicyclic amines) is 1. The molecule has 1 aromatic heterocycles. The number of anilines is 2. The summed E-state index contributed by atoms with van der Waals surface area (Å²) in [5.74, 6) is 1.44. The molecule has 0 bridgehead atoms. The molecule has 2 fully saturated rings. The van der Waals surface area contributed by atoms with Crippen LogP contribution in [0.15, 0.2) is 42.6 Å². The lowest BCUT2D eigenvalue weighted by Crippen LogP contribution is -2.38. The monoisotopic (exact) mass is 451 g/mol. The maximum Gasteiger partial charge on any atom is 0.229 e. The molecule has 1 aromatic carbocycles. The van der Waals surface area contributed by atoms with Gasteiger partial charge in [-0.15, -0.1) is 5.10 Å². The number of amides is 2. The van der Waals surface area contributed by atoms with Crippen LogP contribution in [-0.4, -0.2) is 66.3 Å². The van der Waals surface area contributed by atoms with E-state index in [0.717, 1.165) is 50.4 Å². The van der Waals surface area contributed by atoms with Crippen molar-refractivity contribution in [1.29, 1.82) is 0 Å². The minimum atomic E-state index is -0.0590. The second-order valence-electron chi connectivity index (χ2n) is 8.73. The van der Waals surface area contributed by atoms with Gasteiger partial charge >= 0.3 is 0 Å². The van der Waals surface area contributed by atoms with E-state index in [9.17, 15) is 9.59 Å². The number of benzene rings is 1. The highest BCUT2D eigenvalue weighted by Crippen LogP contribution is 2.29. The van der Waals surface area contributed by atoms with Gasteiger partial charge in [-0.25, -0.2) is 0 Å². The van der Waals surface area contributed by atoms with Gasteiger partial charge in [0.25, 0.3) is 0 Å². The summed E-state index contributed by atoms with van der Waals surface area (Å²) < 4.78 is 5.30. The van der Waals surface area contributed by atoms with Crippen molar-refractivity contribution in [2.24, 2.45) is 5.92 Å². The van der Waals surface area contributed by atoms with Gasteiger partial charge in [-0.1, -0.05) is 12.1 Å². The molecule has 2 aliphatic rings. The number of carbonyl (C=O) groups excluding carboxylic acids is 2. The Bertz CT molecular complexity index is 913. The summed E-state index contributed by atoms with van der Waals surface area (Å²) in [5.41, 5.74) is 2.09. The molecule has 2 aliphatic heterocycles. The maximum absolute atomic E-state index is 12.8. The van der Waals surface area contributed by atoms with Crippen molar-refractivity contribution in [3.05, 3.63) is 48.2 Å². The van der Waals surface area contributed by atoms with Crippen molar-refractivity contribution in [2.75, 3.05) is 49.6 Å². The summed E-state index contributed by atoms with van der Waals surface area (Å²) in [5, 5.41) is 11.1. The molecule has 1 N–H and O–H groups in total. The molecule has 176 valence electrons. The van der Waals surface area contributed by atoms with E-state index in [0.29, 0.717) is 32.1 Å². The second kappa shape index (κ2) is 11.2. The molecular formula is C25H33N5O3. The van der Waals surface area contributed by atoms with Crippen LogP contribution in [0.3, 0.4) is 0 Å². The van der Waals surface area contributed by atoms with E-state index in [1.165, 1.54) is 5.56 Å². The molecule has 0 spiro atoms. The van der Waals surface area contributed by atoms with Crippen LogP contribution in [0.25, 0.3) is 0 Å². The van der Waals surface area contributed by atoms with Gasteiger partial charge in [-0.3, -0.25) is 9.59 Å². The Balaban J connectivity index is 1.24. The van der Waals surface area contributed by atoms with E-state index in [4.69, 9.17) is 4.74 Å². The first-order valence-corrected chi connectivity index (χ1v) is 11.9. The summed E-state index contributed by atoms with van der Waals surface area (Å²) in [6.07, 6.45) is 4.85. The second-order valence-corrected chi connectivity index (χ2v) is 8.73. The zero-order valence-electron chi connectivity index (χ0n) is 19.3. The summed E-state index contributed by atoms with van der Waals surface area (Å²) in [6.45, 7) is 6.13. The van der Waals surface area contributed by atoms with E-state index in [1.807, 2.05) is 36.1 Å². The number of rotatable bonds is 8. The summed E-state index contributed by atoms with van der Waals surface area (Å²) in [7, 11) is 0. The van der Waals surface area contributed by atoms with Crippen LogP contribution in [0.1, 0.15) is 44.1 Å². The quantitative estimate of drug-likeness (QED) is 0.621. The third-order valence-electron chi connectivity index (χ3n) is 6.60. The molecule has 2 aromatic rings. The van der Waals surface area contributed by atoms with Crippen molar-refractivity contribution < 1.29 is 14.3 Å².